The van der Waals surface area contributed by atoms with Gasteiger partial charge < -0.3 is 14.2 Å². The van der Waals surface area contributed by atoms with Gasteiger partial charge >= 0.3 is 13.8 Å². The normalized spacial score (nSPS) is 11.8. The van der Waals surface area contributed by atoms with Crippen LogP contribution in [0.2, 0.25) is 0 Å². The maximum absolute atomic E-state index is 12.0. The molecule has 0 saturated carbocycles. The highest BCUT2D eigenvalue weighted by Gasteiger charge is 2.24. The number of para-hydroxylation sites is 1. The number of ether oxygens (including phenoxy) is 1. The van der Waals surface area contributed by atoms with Crippen LogP contribution in [0.25, 0.3) is 23.2 Å². The molecule has 0 atom stereocenters. The molecule has 2 aromatic carbocycles. The molecule has 1 heterocycles. The van der Waals surface area contributed by atoms with Crippen molar-refractivity contribution in [1.82, 2.24) is 9.97 Å². The van der Waals surface area contributed by atoms with Gasteiger partial charge in [0.15, 0.2) is 0 Å². The first-order valence-corrected chi connectivity index (χ1v) is 10.6. The molecule has 0 fully saturated rings. The number of phosphoric acid groups is 1. The number of carbonyl (C=O) groups is 1. The molecule has 0 unspecified atom stereocenters. The Balaban J connectivity index is 1.76. The fourth-order valence-electron chi connectivity index (χ4n) is 2.64. The molecule has 0 aliphatic rings. The van der Waals surface area contributed by atoms with E-state index in [9.17, 15) is 9.36 Å². The van der Waals surface area contributed by atoms with E-state index in [-0.39, 0.29) is 11.1 Å². The highest BCUT2D eigenvalue weighted by Crippen LogP contribution is 2.37. The Kier molecular flexibility index (Phi) is 6.49. The smallest absolute Gasteiger partial charge is 0.494 e. The van der Waals surface area contributed by atoms with Crippen molar-refractivity contribution in [3.05, 3.63) is 59.4 Å². The molecule has 1 aromatic heterocycles. The number of carbonyl (C=O) groups excluding carboxylic acids is 1. The van der Waals surface area contributed by atoms with Crippen LogP contribution in [0.3, 0.4) is 0 Å². The Labute approximate surface area is 167 Å². The average molecular weight is 416 g/mol. The molecule has 3 aromatic rings. The minimum atomic E-state index is -4.94. The number of H-pyrrole nitrogens is 1. The quantitative estimate of drug-likeness (QED) is 0.372. The Morgan fingerprint density at radius 2 is 1.93 bits per heavy atom. The van der Waals surface area contributed by atoms with E-state index in [1.54, 1.807) is 18.2 Å². The van der Waals surface area contributed by atoms with Crippen LogP contribution >= 0.6 is 7.82 Å². The number of benzene rings is 2. The van der Waals surface area contributed by atoms with Gasteiger partial charge in [-0.25, -0.2) is 14.3 Å². The average Bonchev–Trinajstić information content (AvgIpc) is 3.09. The van der Waals surface area contributed by atoms with E-state index in [2.05, 4.69) is 21.4 Å². The Hall–Kier alpha value is -2.93. The zero-order valence-corrected chi connectivity index (χ0v) is 16.6. The van der Waals surface area contributed by atoms with Gasteiger partial charge in [-0.1, -0.05) is 37.6 Å². The van der Waals surface area contributed by atoms with Gasteiger partial charge in [0.1, 0.15) is 17.1 Å². The van der Waals surface area contributed by atoms with Crippen molar-refractivity contribution in [2.75, 3.05) is 6.61 Å². The zero-order valence-electron chi connectivity index (χ0n) is 15.7. The molecule has 0 amide bonds. The largest absolute Gasteiger partial charge is 0.527 e. The van der Waals surface area contributed by atoms with Crippen LogP contribution in [0, 0.1) is 0 Å². The Bertz CT molecular complexity index is 1070. The Morgan fingerprint density at radius 1 is 1.17 bits per heavy atom. The van der Waals surface area contributed by atoms with Gasteiger partial charge in [0.05, 0.1) is 17.7 Å². The first-order valence-electron chi connectivity index (χ1n) is 9.05. The standard InChI is InChI=1S/C20H21N2O6P/c1-2-3-13-27-15-10-7-14(8-11-15)9-12-18-21-17-6-4-5-16(19(17)22-18)20(23)28-29(24,25)26/h4-12H,2-3,13H2,1H3,(H,21,22)(H2,24,25,26)/b12-9+. The third-order valence-electron chi connectivity index (χ3n) is 4.03. The van der Waals surface area contributed by atoms with Gasteiger partial charge in [0, 0.05) is 0 Å². The highest BCUT2D eigenvalue weighted by molar-refractivity contribution is 7.46. The summed E-state index contributed by atoms with van der Waals surface area (Å²) in [4.78, 5) is 37.0. The number of hydrogen-bond acceptors (Lipinski definition) is 5. The van der Waals surface area contributed by atoms with Gasteiger partial charge in [0.25, 0.3) is 0 Å². The second-order valence-electron chi connectivity index (χ2n) is 6.30. The number of aromatic nitrogens is 2. The van der Waals surface area contributed by atoms with Crippen LogP contribution < -0.4 is 4.74 Å². The van der Waals surface area contributed by atoms with Gasteiger partial charge in [-0.3, -0.25) is 9.79 Å². The number of rotatable bonds is 8. The minimum absolute atomic E-state index is 0.0321. The van der Waals surface area contributed by atoms with Gasteiger partial charge in [-0.05, 0) is 42.3 Å². The van der Waals surface area contributed by atoms with E-state index < -0.39 is 13.8 Å². The van der Waals surface area contributed by atoms with Crippen molar-refractivity contribution < 1.29 is 28.4 Å². The summed E-state index contributed by atoms with van der Waals surface area (Å²) in [6, 6.07) is 12.3. The van der Waals surface area contributed by atoms with Crippen LogP contribution in [0.15, 0.2) is 42.5 Å². The van der Waals surface area contributed by atoms with Crippen molar-refractivity contribution in [2.45, 2.75) is 19.8 Å². The lowest BCUT2D eigenvalue weighted by Gasteiger charge is -2.05. The molecule has 0 aliphatic heterocycles. The van der Waals surface area contributed by atoms with E-state index in [4.69, 9.17) is 14.5 Å². The lowest BCUT2D eigenvalue weighted by atomic mass is 10.2. The van der Waals surface area contributed by atoms with Crippen molar-refractivity contribution >= 4 is 37.0 Å². The number of unbranched alkanes of at least 4 members (excludes halogenated alkanes) is 1. The van der Waals surface area contributed by atoms with Crippen LogP contribution in [0.4, 0.5) is 0 Å². The summed E-state index contributed by atoms with van der Waals surface area (Å²) >= 11 is 0. The summed E-state index contributed by atoms with van der Waals surface area (Å²) in [5, 5.41) is 0. The van der Waals surface area contributed by atoms with E-state index in [1.165, 1.54) is 6.07 Å². The van der Waals surface area contributed by atoms with Crippen molar-refractivity contribution in [3.63, 3.8) is 0 Å². The second kappa shape index (κ2) is 9.05. The first kappa shape index (κ1) is 20.8. The molecule has 9 heteroatoms. The predicted octanol–water partition coefficient (Wildman–Crippen LogP) is 4.16. The zero-order chi connectivity index (χ0) is 20.9. The molecule has 0 bridgehead atoms. The van der Waals surface area contributed by atoms with Gasteiger partial charge in [-0.15, -0.1) is 0 Å². The van der Waals surface area contributed by atoms with Crippen LogP contribution in [-0.2, 0) is 9.09 Å². The molecule has 152 valence electrons. The third kappa shape index (κ3) is 5.77. The lowest BCUT2D eigenvalue weighted by Crippen LogP contribution is -2.03. The number of aromatic amines is 1. The number of fused-ring (bicyclic) bond motifs is 1. The van der Waals surface area contributed by atoms with E-state index in [0.29, 0.717) is 17.9 Å². The number of imidazole rings is 1. The molecular weight excluding hydrogens is 395 g/mol. The fourth-order valence-corrected chi connectivity index (χ4v) is 2.95. The summed E-state index contributed by atoms with van der Waals surface area (Å²) in [5.74, 6) is 0.164. The molecular formula is C20H21N2O6P. The van der Waals surface area contributed by atoms with Crippen molar-refractivity contribution in [3.8, 4) is 5.75 Å². The molecule has 3 rings (SSSR count). The van der Waals surface area contributed by atoms with Crippen LogP contribution in [-0.4, -0.2) is 32.3 Å². The molecule has 3 N–H and O–H groups in total. The van der Waals surface area contributed by atoms with Crippen LogP contribution in [0.5, 0.6) is 5.75 Å². The summed E-state index contributed by atoms with van der Waals surface area (Å²) in [5.41, 5.74) is 1.72. The summed E-state index contributed by atoms with van der Waals surface area (Å²) in [6.07, 6.45) is 5.68. The number of nitrogens with zero attached hydrogens (tertiary/aromatic N) is 1. The van der Waals surface area contributed by atoms with Crippen molar-refractivity contribution in [2.24, 2.45) is 0 Å². The number of nitrogens with one attached hydrogen (secondary N) is 1. The maximum atomic E-state index is 12.0. The molecule has 0 spiro atoms. The molecule has 8 nitrogen and oxygen atoms in total. The third-order valence-corrected chi connectivity index (χ3v) is 4.44. The van der Waals surface area contributed by atoms with E-state index in [1.807, 2.05) is 30.3 Å². The maximum Gasteiger partial charge on any atom is 0.527 e. The predicted molar refractivity (Wildman–Crippen MR) is 109 cm³/mol. The van der Waals surface area contributed by atoms with Gasteiger partial charge in [-0.2, -0.15) is 0 Å². The minimum Gasteiger partial charge on any atom is -0.494 e. The summed E-state index contributed by atoms with van der Waals surface area (Å²) in [7, 11) is -4.94. The number of phosphoric ester groups is 1. The summed E-state index contributed by atoms with van der Waals surface area (Å²) < 4.78 is 20.7. The SMILES string of the molecule is CCCCOc1ccc(/C=C/c2nc3c(C(=O)OP(=O)(O)O)cccc3[nH]2)cc1. The number of hydrogen-bond donors (Lipinski definition) is 3. The van der Waals surface area contributed by atoms with E-state index in [0.717, 1.165) is 24.2 Å². The fraction of sp³-hybridized carbons (Fsp3) is 0.200. The van der Waals surface area contributed by atoms with E-state index >= 15 is 0 Å². The van der Waals surface area contributed by atoms with Crippen molar-refractivity contribution in [1.29, 1.82) is 0 Å². The highest BCUT2D eigenvalue weighted by atomic mass is 31.2. The Morgan fingerprint density at radius 3 is 2.62 bits per heavy atom. The molecule has 0 radical (unpaired) electrons. The lowest BCUT2D eigenvalue weighted by molar-refractivity contribution is 0.0680. The monoisotopic (exact) mass is 416 g/mol. The van der Waals surface area contributed by atoms with Gasteiger partial charge in [0.2, 0.25) is 0 Å². The first-order chi connectivity index (χ1) is 13.9. The topological polar surface area (TPSA) is 122 Å². The second-order valence-corrected chi connectivity index (χ2v) is 7.46. The van der Waals surface area contributed by atoms with Crippen LogP contribution in [0.1, 0.15) is 41.5 Å². The molecule has 0 saturated heterocycles. The summed E-state index contributed by atoms with van der Waals surface area (Å²) in [6.45, 7) is 2.80. The molecule has 0 aliphatic carbocycles. The molecule has 29 heavy (non-hydrogen) atoms.